The van der Waals surface area contributed by atoms with Crippen molar-refractivity contribution < 1.29 is 22.0 Å². The van der Waals surface area contributed by atoms with Crippen molar-refractivity contribution in [3.63, 3.8) is 0 Å². The van der Waals surface area contributed by atoms with Gasteiger partial charge in [-0.2, -0.15) is 0 Å². The molecule has 0 saturated heterocycles. The fourth-order valence-electron chi connectivity index (χ4n) is 2.26. The predicted molar refractivity (Wildman–Crippen MR) is 102 cm³/mol. The number of furan rings is 1. The number of nitrogens with zero attached hydrogens (tertiary/aromatic N) is 3. The summed E-state index contributed by atoms with van der Waals surface area (Å²) < 4.78 is 47.1. The highest BCUT2D eigenvalue weighted by molar-refractivity contribution is 7.90. The second kappa shape index (κ2) is 8.55. The van der Waals surface area contributed by atoms with Crippen molar-refractivity contribution in [1.82, 2.24) is 26.1 Å². The van der Waals surface area contributed by atoms with Crippen LogP contribution < -0.4 is 16.2 Å². The quantitative estimate of drug-likeness (QED) is 0.352. The number of rotatable bonds is 6. The second-order valence-corrected chi connectivity index (χ2v) is 8.71. The Hall–Kier alpha value is -3.02. The molecule has 10 nitrogen and oxygen atoms in total. The Balaban J connectivity index is 1.68. The number of aryl methyl sites for hydroxylation is 1. The normalized spacial score (nSPS) is 15.6. The van der Waals surface area contributed by atoms with Gasteiger partial charge in [-0.05, 0) is 38.8 Å². The summed E-state index contributed by atoms with van der Waals surface area (Å²) in [5.74, 6) is -0.455. The number of carbonyl (C=O) groups is 1. The second-order valence-electron chi connectivity index (χ2n) is 6.70. The van der Waals surface area contributed by atoms with Gasteiger partial charge in [-0.3, -0.25) is 15.6 Å². The Labute approximate surface area is 167 Å². The highest BCUT2D eigenvalue weighted by Crippen LogP contribution is 2.18. The molecule has 156 valence electrons. The number of sulfonamides is 1. The van der Waals surface area contributed by atoms with Crippen LogP contribution in [0.2, 0.25) is 0 Å². The first kappa shape index (κ1) is 20.7. The summed E-state index contributed by atoms with van der Waals surface area (Å²) in [6.07, 6.45) is 3.63. The molecule has 0 aliphatic heterocycles. The minimum atomic E-state index is -3.98. The standard InChI is InChI=1S/C17H21FN6O4S/c1-10-3-6-14(28-10)16(25)22-23-17(21-13-4-5-13)24-29(26,27)11(2)7-15-19-8-12(18)9-20-15/h3,6,8-9,11,13H,4-5,7H2,1-2H3,(H,22,25)(H2,21,23,24)/t11-/m1/s1. The number of hydrogen-bond donors (Lipinski definition) is 3. The van der Waals surface area contributed by atoms with E-state index in [0.717, 1.165) is 25.2 Å². The average molecular weight is 424 g/mol. The van der Waals surface area contributed by atoms with E-state index < -0.39 is 27.0 Å². The van der Waals surface area contributed by atoms with Gasteiger partial charge in [0.15, 0.2) is 11.6 Å². The molecule has 1 amide bonds. The summed E-state index contributed by atoms with van der Waals surface area (Å²) in [6, 6.07) is 3.21. The SMILES string of the molecule is Cc1ccc(C(=O)NN/C(=N\S(=O)(=O)[C@H](C)Cc2ncc(F)cn2)NC2CC2)o1. The molecule has 0 bridgehead atoms. The van der Waals surface area contributed by atoms with Gasteiger partial charge in [0.2, 0.25) is 5.96 Å². The maximum atomic E-state index is 12.9. The van der Waals surface area contributed by atoms with Crippen molar-refractivity contribution in [2.45, 2.75) is 44.4 Å². The van der Waals surface area contributed by atoms with Crippen molar-refractivity contribution in [3.05, 3.63) is 47.7 Å². The number of carbonyl (C=O) groups excluding carboxylic acids is 1. The van der Waals surface area contributed by atoms with Crippen LogP contribution in [0.5, 0.6) is 0 Å². The van der Waals surface area contributed by atoms with Gasteiger partial charge < -0.3 is 9.73 Å². The zero-order valence-electron chi connectivity index (χ0n) is 15.8. The molecule has 3 N–H and O–H groups in total. The van der Waals surface area contributed by atoms with E-state index in [1.165, 1.54) is 13.0 Å². The number of nitrogens with one attached hydrogen (secondary N) is 3. The van der Waals surface area contributed by atoms with Crippen LogP contribution in [-0.2, 0) is 16.4 Å². The van der Waals surface area contributed by atoms with Crippen LogP contribution in [-0.4, -0.2) is 41.5 Å². The lowest BCUT2D eigenvalue weighted by molar-refractivity contribution is 0.0914. The first-order chi connectivity index (χ1) is 13.7. The van der Waals surface area contributed by atoms with E-state index in [2.05, 4.69) is 30.5 Å². The minimum Gasteiger partial charge on any atom is -0.456 e. The molecule has 1 aliphatic carbocycles. The lowest BCUT2D eigenvalue weighted by Crippen LogP contribution is -2.49. The highest BCUT2D eigenvalue weighted by Gasteiger charge is 2.27. The summed E-state index contributed by atoms with van der Waals surface area (Å²) >= 11 is 0. The third-order valence-electron chi connectivity index (χ3n) is 4.05. The highest BCUT2D eigenvalue weighted by atomic mass is 32.2. The number of aromatic nitrogens is 2. The molecule has 0 unspecified atom stereocenters. The van der Waals surface area contributed by atoms with E-state index in [1.54, 1.807) is 13.0 Å². The molecule has 1 atom stereocenters. The van der Waals surface area contributed by atoms with Gasteiger partial charge in [0, 0.05) is 12.5 Å². The Kier molecular flexibility index (Phi) is 6.11. The number of halogens is 1. The van der Waals surface area contributed by atoms with Gasteiger partial charge in [0.05, 0.1) is 17.6 Å². The zero-order valence-corrected chi connectivity index (χ0v) is 16.7. The van der Waals surface area contributed by atoms with Crippen LogP contribution >= 0.6 is 0 Å². The Bertz CT molecular complexity index is 1000. The van der Waals surface area contributed by atoms with Crippen molar-refractivity contribution in [1.29, 1.82) is 0 Å². The molecule has 1 saturated carbocycles. The van der Waals surface area contributed by atoms with Crippen molar-refractivity contribution in [2.75, 3.05) is 0 Å². The third kappa shape index (κ3) is 5.98. The van der Waals surface area contributed by atoms with Gasteiger partial charge in [-0.25, -0.2) is 22.8 Å². The molecule has 2 heterocycles. The lowest BCUT2D eigenvalue weighted by Gasteiger charge is -2.14. The fraction of sp³-hybridized carbons (Fsp3) is 0.412. The average Bonchev–Trinajstić information content (AvgIpc) is 3.38. The van der Waals surface area contributed by atoms with Crippen LogP contribution in [0.4, 0.5) is 4.39 Å². The fourth-order valence-corrected chi connectivity index (χ4v) is 3.16. The first-order valence-corrected chi connectivity index (χ1v) is 10.4. The lowest BCUT2D eigenvalue weighted by atomic mass is 10.3. The number of amides is 1. The van der Waals surface area contributed by atoms with Gasteiger partial charge in [0.25, 0.3) is 10.0 Å². The summed E-state index contributed by atoms with van der Waals surface area (Å²) in [7, 11) is -3.98. The van der Waals surface area contributed by atoms with Gasteiger partial charge in [-0.15, -0.1) is 4.40 Å². The van der Waals surface area contributed by atoms with Crippen molar-refractivity contribution in [3.8, 4) is 0 Å². The molecule has 0 aromatic carbocycles. The van der Waals surface area contributed by atoms with Gasteiger partial charge in [-0.1, -0.05) is 0 Å². The maximum absolute atomic E-state index is 12.9. The van der Waals surface area contributed by atoms with E-state index in [1.807, 2.05) is 0 Å². The summed E-state index contributed by atoms with van der Waals surface area (Å²) in [6.45, 7) is 3.15. The first-order valence-electron chi connectivity index (χ1n) is 8.92. The molecule has 1 aliphatic rings. The van der Waals surface area contributed by atoms with Crippen LogP contribution in [0.25, 0.3) is 0 Å². The number of hydrazine groups is 1. The summed E-state index contributed by atoms with van der Waals surface area (Å²) in [5.41, 5.74) is 4.86. The van der Waals surface area contributed by atoms with Crippen LogP contribution in [0.15, 0.2) is 33.3 Å². The molecule has 3 rings (SSSR count). The molecule has 0 spiro atoms. The van der Waals surface area contributed by atoms with Crippen LogP contribution in [0, 0.1) is 12.7 Å². The Morgan fingerprint density at radius 2 is 2.00 bits per heavy atom. The molecule has 29 heavy (non-hydrogen) atoms. The number of hydrogen-bond acceptors (Lipinski definition) is 6. The number of guanidine groups is 1. The van der Waals surface area contributed by atoms with Crippen LogP contribution in [0.1, 0.15) is 41.9 Å². The molecule has 12 heteroatoms. The summed E-state index contributed by atoms with van der Waals surface area (Å²) in [4.78, 5) is 19.6. The van der Waals surface area contributed by atoms with E-state index >= 15 is 0 Å². The minimum absolute atomic E-state index is 0.0408. The third-order valence-corrected chi connectivity index (χ3v) is 5.67. The molecule has 2 aromatic heterocycles. The van der Waals surface area contributed by atoms with E-state index in [-0.39, 0.29) is 30.0 Å². The van der Waals surface area contributed by atoms with E-state index in [9.17, 15) is 17.6 Å². The molecular weight excluding hydrogens is 403 g/mol. The molecule has 0 radical (unpaired) electrons. The maximum Gasteiger partial charge on any atom is 0.305 e. The largest absolute Gasteiger partial charge is 0.456 e. The summed E-state index contributed by atoms with van der Waals surface area (Å²) in [5, 5.41) is 1.96. The molecule has 1 fully saturated rings. The molecular formula is C17H21FN6O4S. The topological polar surface area (TPSA) is 139 Å². The van der Waals surface area contributed by atoms with E-state index in [4.69, 9.17) is 4.42 Å². The predicted octanol–water partition coefficient (Wildman–Crippen LogP) is 0.821. The van der Waals surface area contributed by atoms with E-state index in [0.29, 0.717) is 5.76 Å². The van der Waals surface area contributed by atoms with Crippen LogP contribution in [0.3, 0.4) is 0 Å². The smallest absolute Gasteiger partial charge is 0.305 e. The monoisotopic (exact) mass is 424 g/mol. The van der Waals surface area contributed by atoms with Crippen molar-refractivity contribution >= 4 is 21.9 Å². The Morgan fingerprint density at radius 1 is 1.31 bits per heavy atom. The van der Waals surface area contributed by atoms with Gasteiger partial charge >= 0.3 is 5.91 Å². The Morgan fingerprint density at radius 3 is 2.59 bits per heavy atom. The molecule has 2 aromatic rings. The van der Waals surface area contributed by atoms with Crippen molar-refractivity contribution in [2.24, 2.45) is 4.40 Å². The van der Waals surface area contributed by atoms with Gasteiger partial charge in [0.1, 0.15) is 11.6 Å². The zero-order chi connectivity index (χ0) is 21.0.